The first-order valence-corrected chi connectivity index (χ1v) is 6.07. The maximum absolute atomic E-state index is 8.95. The molecule has 2 rings (SSSR count). The van der Waals surface area contributed by atoms with E-state index >= 15 is 0 Å². The van der Waals surface area contributed by atoms with Crippen LogP contribution in [0.25, 0.3) is 0 Å². The molecule has 2 heterocycles. The van der Waals surface area contributed by atoms with Crippen LogP contribution in [0.5, 0.6) is 0 Å². The summed E-state index contributed by atoms with van der Waals surface area (Å²) in [6.07, 6.45) is 3.83. The van der Waals surface area contributed by atoms with Gasteiger partial charge in [0.05, 0.1) is 0 Å². The van der Waals surface area contributed by atoms with E-state index in [-0.39, 0.29) is 6.61 Å². The third-order valence-corrected chi connectivity index (χ3v) is 3.18. The Balaban J connectivity index is 2.05. The average molecular weight is 236 g/mol. The van der Waals surface area contributed by atoms with Crippen molar-refractivity contribution < 1.29 is 5.11 Å². The standard InChI is InChI=1S/C12H20N4O/c1-15(2)12-13-6-3-11(14-12)16-7-4-10(9-16)5-8-17/h3,6,10,17H,4-5,7-9H2,1-2H3. The zero-order valence-electron chi connectivity index (χ0n) is 10.5. The van der Waals surface area contributed by atoms with Crippen molar-refractivity contribution in [3.05, 3.63) is 12.3 Å². The normalized spacial score (nSPS) is 19.7. The Labute approximate surface area is 102 Å². The monoisotopic (exact) mass is 236 g/mol. The van der Waals surface area contributed by atoms with Crippen molar-refractivity contribution in [3.8, 4) is 0 Å². The SMILES string of the molecule is CN(C)c1nccc(N2CCC(CCO)C2)n1. The van der Waals surface area contributed by atoms with Crippen LogP contribution in [0, 0.1) is 5.92 Å². The van der Waals surface area contributed by atoms with Crippen molar-refractivity contribution in [2.24, 2.45) is 5.92 Å². The summed E-state index contributed by atoms with van der Waals surface area (Å²) in [4.78, 5) is 12.9. The molecule has 17 heavy (non-hydrogen) atoms. The van der Waals surface area contributed by atoms with Gasteiger partial charge in [0, 0.05) is 40.0 Å². The Morgan fingerprint density at radius 3 is 3.06 bits per heavy atom. The van der Waals surface area contributed by atoms with E-state index in [0.717, 1.165) is 37.7 Å². The van der Waals surface area contributed by atoms with E-state index in [1.165, 1.54) is 0 Å². The van der Waals surface area contributed by atoms with Crippen LogP contribution >= 0.6 is 0 Å². The molecule has 1 aliphatic heterocycles. The molecule has 0 aliphatic carbocycles. The van der Waals surface area contributed by atoms with E-state index in [0.29, 0.717) is 5.92 Å². The Morgan fingerprint density at radius 1 is 1.53 bits per heavy atom. The average Bonchev–Trinajstić information content (AvgIpc) is 2.78. The largest absolute Gasteiger partial charge is 0.396 e. The molecule has 0 radical (unpaired) electrons. The fraction of sp³-hybridized carbons (Fsp3) is 0.667. The molecule has 0 saturated carbocycles. The van der Waals surface area contributed by atoms with Crippen molar-refractivity contribution in [3.63, 3.8) is 0 Å². The Morgan fingerprint density at radius 2 is 2.35 bits per heavy atom. The third kappa shape index (κ3) is 2.85. The second kappa shape index (κ2) is 5.31. The number of hydrogen-bond acceptors (Lipinski definition) is 5. The third-order valence-electron chi connectivity index (χ3n) is 3.18. The van der Waals surface area contributed by atoms with Gasteiger partial charge in [0.15, 0.2) is 0 Å². The molecule has 0 amide bonds. The minimum absolute atomic E-state index is 0.283. The van der Waals surface area contributed by atoms with Crippen LogP contribution in [0.1, 0.15) is 12.8 Å². The minimum Gasteiger partial charge on any atom is -0.396 e. The van der Waals surface area contributed by atoms with Crippen molar-refractivity contribution in [1.82, 2.24) is 9.97 Å². The predicted molar refractivity (Wildman–Crippen MR) is 68.4 cm³/mol. The fourth-order valence-corrected chi connectivity index (χ4v) is 2.19. The smallest absolute Gasteiger partial charge is 0.226 e. The van der Waals surface area contributed by atoms with Crippen LogP contribution in [0.2, 0.25) is 0 Å². The molecule has 1 saturated heterocycles. The predicted octanol–water partition coefficient (Wildman–Crippen LogP) is 0.751. The van der Waals surface area contributed by atoms with Crippen LogP contribution in [0.15, 0.2) is 12.3 Å². The summed E-state index contributed by atoms with van der Waals surface area (Å²) >= 11 is 0. The molecule has 0 bridgehead atoms. The Kier molecular flexibility index (Phi) is 3.78. The first kappa shape index (κ1) is 12.1. The van der Waals surface area contributed by atoms with Gasteiger partial charge in [0.1, 0.15) is 5.82 Å². The Bertz CT molecular complexity index is 369. The summed E-state index contributed by atoms with van der Waals surface area (Å²) in [5, 5.41) is 8.95. The molecule has 5 heteroatoms. The highest BCUT2D eigenvalue weighted by Crippen LogP contribution is 2.24. The van der Waals surface area contributed by atoms with E-state index < -0.39 is 0 Å². The minimum atomic E-state index is 0.283. The van der Waals surface area contributed by atoms with Crippen molar-refractivity contribution >= 4 is 11.8 Å². The molecule has 5 nitrogen and oxygen atoms in total. The van der Waals surface area contributed by atoms with E-state index in [1.807, 2.05) is 25.1 Å². The first-order valence-electron chi connectivity index (χ1n) is 6.07. The summed E-state index contributed by atoms with van der Waals surface area (Å²) in [5.41, 5.74) is 0. The summed E-state index contributed by atoms with van der Waals surface area (Å²) < 4.78 is 0. The number of aromatic nitrogens is 2. The number of rotatable bonds is 4. The van der Waals surface area contributed by atoms with E-state index in [2.05, 4.69) is 14.9 Å². The molecular formula is C12H20N4O. The molecule has 1 aliphatic rings. The van der Waals surface area contributed by atoms with Crippen LogP contribution in [0.4, 0.5) is 11.8 Å². The lowest BCUT2D eigenvalue weighted by Gasteiger charge is -2.19. The molecule has 1 aromatic rings. The second-order valence-electron chi connectivity index (χ2n) is 4.72. The summed E-state index contributed by atoms with van der Waals surface area (Å²) in [7, 11) is 3.88. The van der Waals surface area contributed by atoms with Gasteiger partial charge in [-0.05, 0) is 24.8 Å². The van der Waals surface area contributed by atoms with Gasteiger partial charge in [-0.3, -0.25) is 0 Å². The summed E-state index contributed by atoms with van der Waals surface area (Å²) in [5.74, 6) is 2.33. The highest BCUT2D eigenvalue weighted by molar-refractivity contribution is 5.43. The molecule has 1 unspecified atom stereocenters. The zero-order valence-corrected chi connectivity index (χ0v) is 10.5. The van der Waals surface area contributed by atoms with Crippen LogP contribution in [0.3, 0.4) is 0 Å². The van der Waals surface area contributed by atoms with Gasteiger partial charge >= 0.3 is 0 Å². The second-order valence-corrected chi connectivity index (χ2v) is 4.72. The summed E-state index contributed by atoms with van der Waals surface area (Å²) in [6, 6.07) is 1.95. The highest BCUT2D eigenvalue weighted by Gasteiger charge is 2.23. The van der Waals surface area contributed by atoms with Crippen LogP contribution < -0.4 is 9.80 Å². The lowest BCUT2D eigenvalue weighted by Crippen LogP contribution is -2.22. The number of hydrogen-bond donors (Lipinski definition) is 1. The van der Waals surface area contributed by atoms with Gasteiger partial charge < -0.3 is 14.9 Å². The molecule has 1 aromatic heterocycles. The van der Waals surface area contributed by atoms with Gasteiger partial charge in [0.25, 0.3) is 0 Å². The van der Waals surface area contributed by atoms with Crippen LogP contribution in [-0.2, 0) is 0 Å². The molecular weight excluding hydrogens is 216 g/mol. The number of aliphatic hydroxyl groups excluding tert-OH is 1. The van der Waals surface area contributed by atoms with Gasteiger partial charge in [-0.1, -0.05) is 0 Å². The maximum Gasteiger partial charge on any atom is 0.226 e. The zero-order chi connectivity index (χ0) is 12.3. The topological polar surface area (TPSA) is 52.5 Å². The maximum atomic E-state index is 8.95. The van der Waals surface area contributed by atoms with Gasteiger partial charge in [-0.15, -0.1) is 0 Å². The van der Waals surface area contributed by atoms with E-state index in [1.54, 1.807) is 6.20 Å². The first-order chi connectivity index (χ1) is 8.20. The molecule has 0 aromatic carbocycles. The number of nitrogens with zero attached hydrogens (tertiary/aromatic N) is 4. The highest BCUT2D eigenvalue weighted by atomic mass is 16.3. The van der Waals surface area contributed by atoms with E-state index in [4.69, 9.17) is 5.11 Å². The van der Waals surface area contributed by atoms with Crippen LogP contribution in [-0.4, -0.2) is 48.9 Å². The lowest BCUT2D eigenvalue weighted by atomic mass is 10.1. The van der Waals surface area contributed by atoms with Crippen molar-refractivity contribution in [1.29, 1.82) is 0 Å². The Hall–Kier alpha value is -1.36. The molecule has 1 atom stereocenters. The molecule has 1 N–H and O–H groups in total. The van der Waals surface area contributed by atoms with Gasteiger partial charge in [-0.2, -0.15) is 4.98 Å². The molecule has 0 spiro atoms. The number of aliphatic hydroxyl groups is 1. The van der Waals surface area contributed by atoms with Gasteiger partial charge in [-0.25, -0.2) is 4.98 Å². The van der Waals surface area contributed by atoms with E-state index in [9.17, 15) is 0 Å². The fourth-order valence-electron chi connectivity index (χ4n) is 2.19. The number of anilines is 2. The quantitative estimate of drug-likeness (QED) is 0.836. The summed E-state index contributed by atoms with van der Waals surface area (Å²) in [6.45, 7) is 2.30. The molecule has 94 valence electrons. The van der Waals surface area contributed by atoms with Crippen molar-refractivity contribution in [2.75, 3.05) is 43.6 Å². The molecule has 1 fully saturated rings. The van der Waals surface area contributed by atoms with Crippen molar-refractivity contribution in [2.45, 2.75) is 12.8 Å². The lowest BCUT2D eigenvalue weighted by molar-refractivity contribution is 0.263. The van der Waals surface area contributed by atoms with Gasteiger partial charge in [0.2, 0.25) is 5.95 Å².